The van der Waals surface area contributed by atoms with E-state index >= 15 is 0 Å². The van der Waals surface area contributed by atoms with Crippen LogP contribution in [0.15, 0.2) is 77.8 Å². The van der Waals surface area contributed by atoms with Crippen LogP contribution in [0.2, 0.25) is 0 Å². The number of carbonyl (C=O) groups is 1. The molecule has 6 heteroatoms. The van der Waals surface area contributed by atoms with Gasteiger partial charge in [-0.3, -0.25) is 14.7 Å². The summed E-state index contributed by atoms with van der Waals surface area (Å²) in [4.78, 5) is 24.5. The number of nitrogens with one attached hydrogen (secondary N) is 1. The Balaban J connectivity index is 1.39. The molecule has 6 rings (SSSR count). The van der Waals surface area contributed by atoms with Crippen LogP contribution in [0, 0.1) is 0 Å². The van der Waals surface area contributed by atoms with E-state index in [9.17, 15) is 9.90 Å². The summed E-state index contributed by atoms with van der Waals surface area (Å²) in [6.07, 6.45) is 2.99. The van der Waals surface area contributed by atoms with E-state index in [2.05, 4.69) is 29.3 Å². The summed E-state index contributed by atoms with van der Waals surface area (Å²) in [6, 6.07) is 23.0. The Kier molecular flexibility index (Phi) is 5.36. The smallest absolute Gasteiger partial charge is 0.254 e. The number of nitrogens with zero attached hydrogens (tertiary/aromatic N) is 2. The van der Waals surface area contributed by atoms with E-state index in [1.54, 1.807) is 19.2 Å². The number of amides is 1. The first-order valence-electron chi connectivity index (χ1n) is 12.1. The number of phenolic OH excluding ortho intramolecular Hbond substituents is 1. The fourth-order valence-electron chi connectivity index (χ4n) is 5.57. The summed E-state index contributed by atoms with van der Waals surface area (Å²) in [5.74, 6) is 1.98. The molecule has 176 valence electrons. The molecule has 1 amide bonds. The molecule has 0 fully saturated rings. The van der Waals surface area contributed by atoms with Crippen LogP contribution in [0.25, 0.3) is 0 Å². The lowest BCUT2D eigenvalue weighted by Gasteiger charge is -2.36. The maximum Gasteiger partial charge on any atom is 0.254 e. The molecule has 0 radical (unpaired) electrons. The van der Waals surface area contributed by atoms with Crippen molar-refractivity contribution < 1.29 is 19.6 Å². The van der Waals surface area contributed by atoms with E-state index in [4.69, 9.17) is 9.73 Å². The number of benzene rings is 3. The van der Waals surface area contributed by atoms with Crippen molar-refractivity contribution in [1.29, 1.82) is 0 Å². The fraction of sp³-hybridized carbons (Fsp3) is 0.276. The summed E-state index contributed by atoms with van der Waals surface area (Å²) >= 11 is 0. The highest BCUT2D eigenvalue weighted by Crippen LogP contribution is 2.32. The van der Waals surface area contributed by atoms with Gasteiger partial charge in [0.25, 0.3) is 5.91 Å². The summed E-state index contributed by atoms with van der Waals surface area (Å²) < 4.78 is 5.45. The summed E-state index contributed by atoms with van der Waals surface area (Å²) in [5, 5.41) is 9.63. The fourth-order valence-corrected chi connectivity index (χ4v) is 5.57. The van der Waals surface area contributed by atoms with Crippen molar-refractivity contribution >= 4 is 17.5 Å². The van der Waals surface area contributed by atoms with Gasteiger partial charge in [-0.1, -0.05) is 42.5 Å². The maximum absolute atomic E-state index is 13.8. The highest BCUT2D eigenvalue weighted by molar-refractivity contribution is 6.15. The third kappa shape index (κ3) is 3.89. The molecule has 0 spiro atoms. The van der Waals surface area contributed by atoms with Crippen LogP contribution in [0.1, 0.15) is 28.7 Å². The van der Waals surface area contributed by atoms with Crippen molar-refractivity contribution in [1.82, 2.24) is 4.90 Å². The quantitative estimate of drug-likeness (QED) is 0.605. The number of ether oxygens (including phenoxy) is 1. The molecule has 2 N–H and O–H groups in total. The van der Waals surface area contributed by atoms with Crippen molar-refractivity contribution in [3.63, 3.8) is 0 Å². The number of methoxy groups -OCH3 is 1. The molecule has 3 aromatic carbocycles. The minimum absolute atomic E-state index is 0.0426. The molecule has 3 atom stereocenters. The first-order valence-corrected chi connectivity index (χ1v) is 12.1. The highest BCUT2D eigenvalue weighted by Gasteiger charge is 2.51. The number of hydrogen-bond acceptors (Lipinski definition) is 4. The van der Waals surface area contributed by atoms with Crippen LogP contribution >= 0.6 is 0 Å². The number of aliphatic imine (C=N–C) groups is 1. The third-order valence-electron chi connectivity index (χ3n) is 7.28. The lowest BCUT2D eigenvalue weighted by atomic mass is 9.83. The van der Waals surface area contributed by atoms with E-state index < -0.39 is 6.04 Å². The van der Waals surface area contributed by atoms with Gasteiger partial charge in [-0.15, -0.1) is 0 Å². The zero-order chi connectivity index (χ0) is 23.9. The molecule has 6 nitrogen and oxygen atoms in total. The maximum atomic E-state index is 13.8. The first-order chi connectivity index (χ1) is 17.1. The predicted octanol–water partition coefficient (Wildman–Crippen LogP) is 2.06. The van der Waals surface area contributed by atoms with Gasteiger partial charge in [0.15, 0.2) is 5.84 Å². The molecule has 2 heterocycles. The van der Waals surface area contributed by atoms with Crippen LogP contribution in [0.5, 0.6) is 11.5 Å². The zero-order valence-corrected chi connectivity index (χ0v) is 19.6. The Hall–Kier alpha value is -3.93. The number of fused-ring (bicyclic) bond motifs is 5. The summed E-state index contributed by atoms with van der Waals surface area (Å²) in [7, 11) is 1.69. The van der Waals surface area contributed by atoms with Gasteiger partial charge in [0.1, 0.15) is 23.6 Å². The minimum Gasteiger partial charge on any atom is -0.508 e. The van der Waals surface area contributed by atoms with E-state index in [1.807, 2.05) is 41.3 Å². The highest BCUT2D eigenvalue weighted by atomic mass is 16.5. The monoisotopic (exact) mass is 466 g/mol. The Morgan fingerprint density at radius 1 is 1.03 bits per heavy atom. The lowest BCUT2D eigenvalue weighted by molar-refractivity contribution is -0.488. The van der Waals surface area contributed by atoms with Crippen LogP contribution in [-0.4, -0.2) is 52.7 Å². The molecule has 3 unspecified atom stereocenters. The molecule has 35 heavy (non-hydrogen) atoms. The van der Waals surface area contributed by atoms with E-state index in [0.29, 0.717) is 6.42 Å². The molecular weight excluding hydrogens is 438 g/mol. The van der Waals surface area contributed by atoms with Crippen LogP contribution in [-0.2, 0) is 24.1 Å². The van der Waals surface area contributed by atoms with Crippen LogP contribution in [0.3, 0.4) is 0 Å². The number of phenols is 1. The molecule has 0 aromatic heterocycles. The molecule has 0 saturated heterocycles. The van der Waals surface area contributed by atoms with Crippen LogP contribution < -0.4 is 9.73 Å². The number of aryl methyl sites for hydroxylation is 1. The van der Waals surface area contributed by atoms with Gasteiger partial charge < -0.3 is 9.84 Å². The van der Waals surface area contributed by atoms with Crippen molar-refractivity contribution in [2.45, 2.75) is 43.8 Å². The molecule has 3 aliphatic rings. The van der Waals surface area contributed by atoms with Crippen LogP contribution in [0.4, 0.5) is 0 Å². The first kappa shape index (κ1) is 21.6. The summed E-state index contributed by atoms with van der Waals surface area (Å²) in [5.41, 5.74) is 5.70. The summed E-state index contributed by atoms with van der Waals surface area (Å²) in [6.45, 7) is 0. The average Bonchev–Trinajstić information content (AvgIpc) is 3.22. The molecule has 1 aliphatic carbocycles. The van der Waals surface area contributed by atoms with E-state index in [1.165, 1.54) is 11.1 Å². The third-order valence-corrected chi connectivity index (χ3v) is 7.28. The Labute approximate surface area is 204 Å². The second kappa shape index (κ2) is 8.69. The Morgan fingerprint density at radius 2 is 1.80 bits per heavy atom. The Morgan fingerprint density at radius 3 is 2.57 bits per heavy atom. The lowest BCUT2D eigenvalue weighted by Crippen LogP contribution is -2.90. The predicted molar refractivity (Wildman–Crippen MR) is 134 cm³/mol. The molecule has 0 saturated carbocycles. The number of hydrogen-bond donors (Lipinski definition) is 2. The van der Waals surface area contributed by atoms with Crippen molar-refractivity contribution in [2.75, 3.05) is 7.11 Å². The number of amidine groups is 1. The molecule has 2 aliphatic heterocycles. The number of rotatable bonds is 5. The second-order valence-electron chi connectivity index (χ2n) is 9.46. The standard InChI is InChI=1S/C29H27N3O3/c1-35-22-12-13-23-20(17-22)9-14-26-27(23)30-24(15-18-5-3-2-4-6-18)28-31-25(29(34)32(26)28)16-19-7-10-21(33)11-8-19/h2-8,10-13,17,24-26,33H,9,14-16H2,1H3/p+1. The van der Waals surface area contributed by atoms with Gasteiger partial charge >= 0.3 is 0 Å². The Bertz CT molecular complexity index is 1330. The normalized spacial score (nSPS) is 22.6. The van der Waals surface area contributed by atoms with Gasteiger partial charge in [-0.05, 0) is 59.9 Å². The minimum atomic E-state index is -0.453. The number of carbonyl (C=O) groups excluding carboxylic acids is 1. The van der Waals surface area contributed by atoms with Crippen molar-refractivity contribution in [3.8, 4) is 11.5 Å². The van der Waals surface area contributed by atoms with Gasteiger partial charge in [0, 0.05) is 18.4 Å². The zero-order valence-electron chi connectivity index (χ0n) is 19.6. The molecular formula is C29H28N3O3+. The van der Waals surface area contributed by atoms with Gasteiger partial charge in [0.2, 0.25) is 11.8 Å². The average molecular weight is 467 g/mol. The van der Waals surface area contributed by atoms with Gasteiger partial charge in [0.05, 0.1) is 7.11 Å². The van der Waals surface area contributed by atoms with E-state index in [0.717, 1.165) is 47.7 Å². The SMILES string of the molecule is COc1ccc2c(c1)CCC1C2=[NH+]C(Cc2ccccc2)C2=NC(Cc3ccc(O)cc3)C(=O)N21. The largest absolute Gasteiger partial charge is 0.508 e. The van der Waals surface area contributed by atoms with Crippen molar-refractivity contribution in [3.05, 3.63) is 95.1 Å². The number of aromatic hydroxyl groups is 1. The van der Waals surface area contributed by atoms with Crippen molar-refractivity contribution in [2.24, 2.45) is 4.99 Å². The van der Waals surface area contributed by atoms with Gasteiger partial charge in [-0.25, -0.2) is 4.99 Å². The van der Waals surface area contributed by atoms with Gasteiger partial charge in [-0.2, -0.15) is 0 Å². The molecule has 0 bridgehead atoms. The topological polar surface area (TPSA) is 76.1 Å². The second-order valence-corrected chi connectivity index (χ2v) is 9.46. The molecule has 3 aromatic rings. The van der Waals surface area contributed by atoms with E-state index in [-0.39, 0.29) is 23.7 Å².